The Hall–Kier alpha value is -3.69. The van der Waals surface area contributed by atoms with Crippen molar-refractivity contribution < 1.29 is 14.3 Å². The Morgan fingerprint density at radius 3 is 2.55 bits per heavy atom. The SMILES string of the molecule is Cc1ccc(CCC(=O)NCCOC(=O)Cn2c(=O)c3c(ncn3C)n(C)c2=O)cc1. The number of fused-ring (bicyclic) bond motifs is 1. The Bertz CT molecular complexity index is 1220. The predicted molar refractivity (Wildman–Crippen MR) is 114 cm³/mol. The zero-order valence-corrected chi connectivity index (χ0v) is 17.8. The molecule has 0 spiro atoms. The van der Waals surface area contributed by atoms with E-state index >= 15 is 0 Å². The first-order valence-corrected chi connectivity index (χ1v) is 9.86. The third-order valence-corrected chi connectivity index (χ3v) is 4.94. The number of imidazole rings is 1. The zero-order valence-electron chi connectivity index (χ0n) is 17.8. The molecule has 3 rings (SSSR count). The van der Waals surface area contributed by atoms with Gasteiger partial charge in [-0.05, 0) is 18.9 Å². The zero-order chi connectivity index (χ0) is 22.5. The van der Waals surface area contributed by atoms with E-state index in [0.717, 1.165) is 15.7 Å². The van der Waals surface area contributed by atoms with Gasteiger partial charge < -0.3 is 14.6 Å². The van der Waals surface area contributed by atoms with Gasteiger partial charge in [-0.2, -0.15) is 0 Å². The Balaban J connectivity index is 1.48. The van der Waals surface area contributed by atoms with Gasteiger partial charge in [0, 0.05) is 20.5 Å². The minimum absolute atomic E-state index is 0.0574. The highest BCUT2D eigenvalue weighted by atomic mass is 16.5. The molecule has 0 aliphatic rings. The number of carbonyl (C=O) groups is 2. The second-order valence-corrected chi connectivity index (χ2v) is 7.32. The number of benzene rings is 1. The maximum atomic E-state index is 12.6. The van der Waals surface area contributed by atoms with Crippen molar-refractivity contribution in [1.29, 1.82) is 0 Å². The van der Waals surface area contributed by atoms with Gasteiger partial charge in [-0.15, -0.1) is 0 Å². The van der Waals surface area contributed by atoms with E-state index in [1.54, 1.807) is 7.05 Å². The van der Waals surface area contributed by atoms with Gasteiger partial charge in [-0.1, -0.05) is 29.8 Å². The fourth-order valence-corrected chi connectivity index (χ4v) is 3.17. The molecule has 0 unspecified atom stereocenters. The van der Waals surface area contributed by atoms with Gasteiger partial charge in [0.1, 0.15) is 13.2 Å². The molecular weight excluding hydrogens is 402 g/mol. The molecule has 2 heterocycles. The Kier molecular flexibility index (Phi) is 6.68. The highest BCUT2D eigenvalue weighted by Crippen LogP contribution is 2.05. The summed E-state index contributed by atoms with van der Waals surface area (Å²) in [5.41, 5.74) is 1.43. The van der Waals surface area contributed by atoms with Crippen LogP contribution in [0.15, 0.2) is 40.2 Å². The lowest BCUT2D eigenvalue weighted by Crippen LogP contribution is -2.41. The maximum absolute atomic E-state index is 12.6. The highest BCUT2D eigenvalue weighted by molar-refractivity contribution is 5.76. The van der Waals surface area contributed by atoms with Gasteiger partial charge in [-0.3, -0.25) is 19.0 Å². The topological polar surface area (TPSA) is 117 Å². The van der Waals surface area contributed by atoms with Crippen LogP contribution in [0.25, 0.3) is 11.2 Å². The molecule has 0 radical (unpaired) electrons. The summed E-state index contributed by atoms with van der Waals surface area (Å²) >= 11 is 0. The Morgan fingerprint density at radius 1 is 1.13 bits per heavy atom. The summed E-state index contributed by atoms with van der Waals surface area (Å²) in [5, 5.41) is 2.68. The fourth-order valence-electron chi connectivity index (χ4n) is 3.17. The van der Waals surface area contributed by atoms with Gasteiger partial charge >= 0.3 is 11.7 Å². The standard InChI is InChI=1S/C21H25N5O5/c1-14-4-6-15(7-5-14)8-9-16(27)22-10-11-31-17(28)12-26-20(29)18-19(23-13-24(18)2)25(3)21(26)30/h4-7,13H,8-12H2,1-3H3,(H,22,27). The molecule has 0 aliphatic carbocycles. The quantitative estimate of drug-likeness (QED) is 0.401. The number of rotatable bonds is 8. The summed E-state index contributed by atoms with van der Waals surface area (Å²) in [6.07, 6.45) is 2.37. The summed E-state index contributed by atoms with van der Waals surface area (Å²) in [6.45, 7) is 1.57. The maximum Gasteiger partial charge on any atom is 0.333 e. The van der Waals surface area contributed by atoms with Crippen molar-refractivity contribution in [2.75, 3.05) is 13.2 Å². The van der Waals surface area contributed by atoms with Crippen LogP contribution in [0.1, 0.15) is 17.5 Å². The van der Waals surface area contributed by atoms with Crippen molar-refractivity contribution in [3.63, 3.8) is 0 Å². The molecule has 0 saturated heterocycles. The second kappa shape index (κ2) is 9.41. The minimum atomic E-state index is -0.741. The van der Waals surface area contributed by atoms with Gasteiger partial charge in [0.05, 0.1) is 12.9 Å². The summed E-state index contributed by atoms with van der Waals surface area (Å²) in [5.74, 6) is -0.891. The van der Waals surface area contributed by atoms with E-state index in [2.05, 4.69) is 10.3 Å². The molecule has 0 bridgehead atoms. The molecule has 10 nitrogen and oxygen atoms in total. The van der Waals surface area contributed by atoms with E-state index in [1.807, 2.05) is 31.2 Å². The van der Waals surface area contributed by atoms with Crippen LogP contribution in [0.5, 0.6) is 0 Å². The summed E-state index contributed by atoms with van der Waals surface area (Å²) in [6, 6.07) is 7.97. The van der Waals surface area contributed by atoms with E-state index in [1.165, 1.54) is 22.5 Å². The van der Waals surface area contributed by atoms with Crippen molar-refractivity contribution in [3.8, 4) is 0 Å². The van der Waals surface area contributed by atoms with E-state index in [9.17, 15) is 19.2 Å². The van der Waals surface area contributed by atoms with Crippen LogP contribution in [0.2, 0.25) is 0 Å². The predicted octanol–water partition coefficient (Wildman–Crippen LogP) is 0.0343. The molecule has 164 valence electrons. The molecule has 0 aliphatic heterocycles. The Morgan fingerprint density at radius 2 is 1.84 bits per heavy atom. The van der Waals surface area contributed by atoms with Crippen molar-refractivity contribution in [1.82, 2.24) is 24.0 Å². The summed E-state index contributed by atoms with van der Waals surface area (Å²) < 4.78 is 8.57. The fraction of sp³-hybridized carbons (Fsp3) is 0.381. The molecule has 0 saturated carbocycles. The van der Waals surface area contributed by atoms with Gasteiger partial charge in [0.2, 0.25) is 5.91 Å². The molecule has 1 N–H and O–H groups in total. The second-order valence-electron chi connectivity index (χ2n) is 7.32. The number of nitrogens with one attached hydrogen (secondary N) is 1. The van der Waals surface area contributed by atoms with Crippen molar-refractivity contribution in [2.24, 2.45) is 14.1 Å². The number of hydrogen-bond acceptors (Lipinski definition) is 6. The number of esters is 1. The van der Waals surface area contributed by atoms with Crippen LogP contribution in [-0.4, -0.2) is 43.7 Å². The van der Waals surface area contributed by atoms with E-state index in [-0.39, 0.29) is 30.2 Å². The average Bonchev–Trinajstić information content (AvgIpc) is 3.14. The largest absolute Gasteiger partial charge is 0.462 e. The normalized spacial score (nSPS) is 10.9. The number of ether oxygens (including phenoxy) is 1. The molecule has 1 aromatic carbocycles. The molecule has 2 aromatic heterocycles. The molecule has 0 atom stereocenters. The van der Waals surface area contributed by atoms with Crippen LogP contribution >= 0.6 is 0 Å². The summed E-state index contributed by atoms with van der Waals surface area (Å²) in [4.78, 5) is 53.0. The van der Waals surface area contributed by atoms with Crippen molar-refractivity contribution >= 4 is 23.0 Å². The van der Waals surface area contributed by atoms with Crippen LogP contribution in [0, 0.1) is 6.92 Å². The highest BCUT2D eigenvalue weighted by Gasteiger charge is 2.17. The number of hydrogen-bond donors (Lipinski definition) is 1. The smallest absolute Gasteiger partial charge is 0.333 e. The molecule has 31 heavy (non-hydrogen) atoms. The van der Waals surface area contributed by atoms with E-state index in [0.29, 0.717) is 12.8 Å². The molecule has 3 aromatic rings. The lowest BCUT2D eigenvalue weighted by molar-refractivity contribution is -0.144. The number of aryl methyl sites for hydroxylation is 4. The van der Waals surface area contributed by atoms with Crippen molar-refractivity contribution in [3.05, 3.63) is 62.6 Å². The van der Waals surface area contributed by atoms with E-state index < -0.39 is 23.8 Å². The monoisotopic (exact) mass is 427 g/mol. The lowest BCUT2D eigenvalue weighted by Gasteiger charge is -2.09. The third kappa shape index (κ3) is 5.08. The average molecular weight is 427 g/mol. The number of carbonyl (C=O) groups excluding carboxylic acids is 2. The first-order valence-electron chi connectivity index (χ1n) is 9.86. The van der Waals surface area contributed by atoms with Crippen LogP contribution < -0.4 is 16.6 Å². The molecule has 10 heteroatoms. The van der Waals surface area contributed by atoms with Crippen LogP contribution in [0.4, 0.5) is 0 Å². The number of aromatic nitrogens is 4. The summed E-state index contributed by atoms with van der Waals surface area (Å²) in [7, 11) is 3.11. The first-order chi connectivity index (χ1) is 14.8. The lowest BCUT2D eigenvalue weighted by atomic mass is 10.1. The van der Waals surface area contributed by atoms with E-state index in [4.69, 9.17) is 4.74 Å². The van der Waals surface area contributed by atoms with Crippen LogP contribution in [-0.2, 0) is 41.4 Å². The minimum Gasteiger partial charge on any atom is -0.462 e. The van der Waals surface area contributed by atoms with Gasteiger partial charge in [0.25, 0.3) is 5.56 Å². The van der Waals surface area contributed by atoms with Crippen LogP contribution in [0.3, 0.4) is 0 Å². The Labute approximate surface area is 178 Å². The number of amides is 1. The third-order valence-electron chi connectivity index (χ3n) is 4.94. The molecular formula is C21H25N5O5. The van der Waals surface area contributed by atoms with Crippen molar-refractivity contribution in [2.45, 2.75) is 26.3 Å². The van der Waals surface area contributed by atoms with Gasteiger partial charge in [-0.25, -0.2) is 14.3 Å². The molecule has 1 amide bonds. The first kappa shape index (κ1) is 22.0. The number of nitrogens with zero attached hydrogens (tertiary/aromatic N) is 4. The molecule has 0 fully saturated rings. The van der Waals surface area contributed by atoms with Gasteiger partial charge in [0.15, 0.2) is 11.2 Å².